The van der Waals surface area contributed by atoms with Crippen molar-refractivity contribution in [1.82, 2.24) is 5.32 Å². The molecule has 2 N–H and O–H groups in total. The Morgan fingerprint density at radius 1 is 0.920 bits per heavy atom. The van der Waals surface area contributed by atoms with Gasteiger partial charge in [0.1, 0.15) is 5.76 Å². The molecule has 0 bridgehead atoms. The van der Waals surface area contributed by atoms with Gasteiger partial charge in [-0.15, -0.1) is 0 Å². The Morgan fingerprint density at radius 2 is 1.72 bits per heavy atom. The monoisotopic (exact) mass is 334 g/mol. The van der Waals surface area contributed by atoms with Gasteiger partial charge in [-0.3, -0.25) is 9.59 Å². The lowest BCUT2D eigenvalue weighted by atomic mass is 10.2. The summed E-state index contributed by atoms with van der Waals surface area (Å²) in [5.41, 5.74) is 2.34. The first kappa shape index (κ1) is 16.5. The van der Waals surface area contributed by atoms with Gasteiger partial charge in [0.05, 0.1) is 6.54 Å². The van der Waals surface area contributed by atoms with Gasteiger partial charge in [0.15, 0.2) is 5.76 Å². The van der Waals surface area contributed by atoms with E-state index in [0.29, 0.717) is 17.0 Å². The van der Waals surface area contributed by atoms with Gasteiger partial charge in [-0.2, -0.15) is 0 Å². The first-order valence-electron chi connectivity index (χ1n) is 7.92. The molecule has 1 aromatic heterocycles. The minimum absolute atomic E-state index is 0.192. The van der Waals surface area contributed by atoms with Gasteiger partial charge in [-0.1, -0.05) is 30.3 Å². The number of furan rings is 1. The molecule has 0 spiro atoms. The zero-order chi connectivity index (χ0) is 17.6. The highest BCUT2D eigenvalue weighted by Gasteiger charge is 2.12. The Bertz CT molecular complexity index is 885. The summed E-state index contributed by atoms with van der Waals surface area (Å²) in [6.45, 7) is 2.17. The van der Waals surface area contributed by atoms with E-state index >= 15 is 0 Å². The van der Waals surface area contributed by atoms with Crippen LogP contribution in [0.5, 0.6) is 0 Å². The van der Waals surface area contributed by atoms with Gasteiger partial charge in [-0.05, 0) is 48.9 Å². The summed E-state index contributed by atoms with van der Waals surface area (Å²) in [6, 6.07) is 19.7. The highest BCUT2D eigenvalue weighted by atomic mass is 16.4. The van der Waals surface area contributed by atoms with Gasteiger partial charge in [0.2, 0.25) is 0 Å². The standard InChI is InChI=1S/C20H18N2O3/c1-14-6-5-9-16(12-14)22-20(24)18-11-10-17(25-18)13-21-19(23)15-7-3-2-4-8-15/h2-12H,13H2,1H3,(H,21,23)(H,22,24). The summed E-state index contributed by atoms with van der Waals surface area (Å²) in [4.78, 5) is 24.2. The smallest absolute Gasteiger partial charge is 0.291 e. The second-order valence-corrected chi connectivity index (χ2v) is 5.64. The van der Waals surface area contributed by atoms with Crippen molar-refractivity contribution in [2.24, 2.45) is 0 Å². The van der Waals surface area contributed by atoms with Crippen molar-refractivity contribution in [3.05, 3.63) is 89.4 Å². The normalized spacial score (nSPS) is 10.3. The van der Waals surface area contributed by atoms with E-state index in [1.807, 2.05) is 37.3 Å². The molecule has 126 valence electrons. The zero-order valence-corrected chi connectivity index (χ0v) is 13.8. The third-order valence-corrected chi connectivity index (χ3v) is 3.62. The van der Waals surface area contributed by atoms with Gasteiger partial charge >= 0.3 is 0 Å². The molecule has 3 rings (SSSR count). The number of anilines is 1. The van der Waals surface area contributed by atoms with Crippen molar-refractivity contribution in [3.63, 3.8) is 0 Å². The molecule has 5 nitrogen and oxygen atoms in total. The summed E-state index contributed by atoms with van der Waals surface area (Å²) >= 11 is 0. The first-order valence-corrected chi connectivity index (χ1v) is 7.92. The topological polar surface area (TPSA) is 71.3 Å². The van der Waals surface area contributed by atoms with Crippen LogP contribution in [0.3, 0.4) is 0 Å². The molecule has 2 aromatic carbocycles. The maximum absolute atomic E-state index is 12.2. The Kier molecular flexibility index (Phi) is 4.95. The van der Waals surface area contributed by atoms with Gasteiger partial charge in [0.25, 0.3) is 11.8 Å². The summed E-state index contributed by atoms with van der Waals surface area (Å²) in [7, 11) is 0. The number of hydrogen-bond donors (Lipinski definition) is 2. The zero-order valence-electron chi connectivity index (χ0n) is 13.8. The van der Waals surface area contributed by atoms with Crippen LogP contribution in [0.1, 0.15) is 32.2 Å². The quantitative estimate of drug-likeness (QED) is 0.746. The maximum atomic E-state index is 12.2. The number of carbonyl (C=O) groups is 2. The van der Waals surface area contributed by atoms with Crippen LogP contribution in [0.25, 0.3) is 0 Å². The SMILES string of the molecule is Cc1cccc(NC(=O)c2ccc(CNC(=O)c3ccccc3)o2)c1. The molecular formula is C20H18N2O3. The van der Waals surface area contributed by atoms with Crippen LogP contribution in [-0.2, 0) is 6.54 Å². The van der Waals surface area contributed by atoms with E-state index in [-0.39, 0.29) is 24.1 Å². The Hall–Kier alpha value is -3.34. The minimum atomic E-state index is -0.328. The van der Waals surface area contributed by atoms with Gasteiger partial charge < -0.3 is 15.1 Å². The average molecular weight is 334 g/mol. The fraction of sp³-hybridized carbons (Fsp3) is 0.100. The van der Waals surface area contributed by atoms with Crippen molar-refractivity contribution >= 4 is 17.5 Å². The molecule has 0 atom stereocenters. The molecule has 0 unspecified atom stereocenters. The van der Waals surface area contributed by atoms with Gasteiger partial charge in [0, 0.05) is 11.3 Å². The fourth-order valence-corrected chi connectivity index (χ4v) is 2.37. The van der Waals surface area contributed by atoms with Crippen LogP contribution in [0.4, 0.5) is 5.69 Å². The molecule has 1 heterocycles. The fourth-order valence-electron chi connectivity index (χ4n) is 2.37. The molecule has 0 aliphatic rings. The van der Waals surface area contributed by atoms with E-state index < -0.39 is 0 Å². The molecule has 0 aliphatic carbocycles. The Morgan fingerprint density at radius 3 is 2.48 bits per heavy atom. The lowest BCUT2D eigenvalue weighted by molar-refractivity contribution is 0.0948. The lowest BCUT2D eigenvalue weighted by Crippen LogP contribution is -2.22. The van der Waals surface area contributed by atoms with Crippen molar-refractivity contribution in [1.29, 1.82) is 0 Å². The number of hydrogen-bond acceptors (Lipinski definition) is 3. The molecule has 0 fully saturated rings. The van der Waals surface area contributed by atoms with Crippen molar-refractivity contribution in [2.45, 2.75) is 13.5 Å². The summed E-state index contributed by atoms with van der Waals surface area (Å²) in [6.07, 6.45) is 0. The Labute approximate surface area is 145 Å². The number of amides is 2. The first-order chi connectivity index (χ1) is 12.1. The molecule has 0 saturated heterocycles. The summed E-state index contributed by atoms with van der Waals surface area (Å²) in [5, 5.41) is 5.54. The number of aryl methyl sites for hydroxylation is 1. The lowest BCUT2D eigenvalue weighted by Gasteiger charge is -2.04. The van der Waals surface area contributed by atoms with E-state index in [1.54, 1.807) is 36.4 Å². The van der Waals surface area contributed by atoms with Crippen LogP contribution < -0.4 is 10.6 Å². The van der Waals surface area contributed by atoms with E-state index in [1.165, 1.54) is 0 Å². The van der Waals surface area contributed by atoms with Crippen LogP contribution in [0, 0.1) is 6.92 Å². The Balaban J connectivity index is 1.58. The van der Waals surface area contributed by atoms with Crippen molar-refractivity contribution in [2.75, 3.05) is 5.32 Å². The third-order valence-electron chi connectivity index (χ3n) is 3.62. The molecule has 0 aliphatic heterocycles. The van der Waals surface area contributed by atoms with Crippen molar-refractivity contribution < 1.29 is 14.0 Å². The second kappa shape index (κ2) is 7.49. The highest BCUT2D eigenvalue weighted by molar-refractivity contribution is 6.02. The van der Waals surface area contributed by atoms with Gasteiger partial charge in [-0.25, -0.2) is 0 Å². The molecule has 5 heteroatoms. The number of nitrogens with one attached hydrogen (secondary N) is 2. The second-order valence-electron chi connectivity index (χ2n) is 5.64. The largest absolute Gasteiger partial charge is 0.454 e. The van der Waals surface area contributed by atoms with Crippen LogP contribution >= 0.6 is 0 Å². The van der Waals surface area contributed by atoms with Crippen LogP contribution in [0.15, 0.2) is 71.1 Å². The molecule has 0 radical (unpaired) electrons. The number of rotatable bonds is 5. The van der Waals surface area contributed by atoms with Crippen LogP contribution in [0.2, 0.25) is 0 Å². The molecule has 2 amide bonds. The minimum Gasteiger partial charge on any atom is -0.454 e. The average Bonchev–Trinajstić information content (AvgIpc) is 3.09. The highest BCUT2D eigenvalue weighted by Crippen LogP contribution is 2.14. The van der Waals surface area contributed by atoms with Crippen molar-refractivity contribution in [3.8, 4) is 0 Å². The predicted octanol–water partition coefficient (Wildman–Crippen LogP) is 3.77. The third kappa shape index (κ3) is 4.35. The van der Waals surface area contributed by atoms with E-state index in [4.69, 9.17) is 4.42 Å². The molecule has 25 heavy (non-hydrogen) atoms. The van der Waals surface area contributed by atoms with E-state index in [2.05, 4.69) is 10.6 Å². The molecule has 3 aromatic rings. The summed E-state index contributed by atoms with van der Waals surface area (Å²) < 4.78 is 5.51. The number of carbonyl (C=O) groups excluding carboxylic acids is 2. The summed E-state index contributed by atoms with van der Waals surface area (Å²) in [5.74, 6) is 0.193. The maximum Gasteiger partial charge on any atom is 0.291 e. The van der Waals surface area contributed by atoms with E-state index in [9.17, 15) is 9.59 Å². The molecular weight excluding hydrogens is 316 g/mol. The predicted molar refractivity (Wildman–Crippen MR) is 95.5 cm³/mol. The molecule has 0 saturated carbocycles. The van der Waals surface area contributed by atoms with E-state index in [0.717, 1.165) is 5.56 Å². The van der Waals surface area contributed by atoms with Crippen LogP contribution in [-0.4, -0.2) is 11.8 Å². The number of benzene rings is 2.